The Morgan fingerprint density at radius 3 is 1.17 bits per heavy atom. The minimum Gasteiger partial charge on any atom is -0.395 e. The van der Waals surface area contributed by atoms with Crippen molar-refractivity contribution in [3.63, 3.8) is 0 Å². The Labute approximate surface area is 256 Å². The van der Waals surface area contributed by atoms with Gasteiger partial charge in [0.2, 0.25) is 0 Å². The lowest BCUT2D eigenvalue weighted by atomic mass is 10.3. The molecule has 0 aliphatic rings. The van der Waals surface area contributed by atoms with Crippen LogP contribution in [0.2, 0.25) is 25.2 Å². The van der Waals surface area contributed by atoms with E-state index in [1.54, 1.807) is 11.8 Å². The van der Waals surface area contributed by atoms with Crippen LogP contribution in [-0.4, -0.2) is 67.4 Å². The molecule has 42 heavy (non-hydrogen) atoms. The summed E-state index contributed by atoms with van der Waals surface area (Å²) >= 11 is 0. The number of rotatable bonds is 16. The normalized spacial score (nSPS) is 9.21. The summed E-state index contributed by atoms with van der Waals surface area (Å²) in [6.07, 6.45) is 1.51. The highest BCUT2D eigenvalue weighted by Gasteiger charge is 2.32. The molecule has 0 unspecified atom stereocenters. The Kier molecular flexibility index (Phi) is 22.7. The van der Waals surface area contributed by atoms with Gasteiger partial charge in [0.25, 0.3) is 5.91 Å². The van der Waals surface area contributed by atoms with Gasteiger partial charge in [-0.15, -0.1) is 0 Å². The molecule has 0 aromatic heterocycles. The summed E-state index contributed by atoms with van der Waals surface area (Å²) in [7, 11) is -4.56. The topological polar surface area (TPSA) is 57.2 Å². The summed E-state index contributed by atoms with van der Waals surface area (Å²) in [5, 5.41) is 0. The Hall–Kier alpha value is -3.78. The molecular formula is C34H41NO5Si2. The van der Waals surface area contributed by atoms with Gasteiger partial charge in [0.05, 0.1) is 0 Å². The van der Waals surface area contributed by atoms with Crippen molar-refractivity contribution in [1.29, 1.82) is 0 Å². The molecule has 0 radical (unpaired) electrons. The van der Waals surface area contributed by atoms with Crippen LogP contribution in [0.15, 0.2) is 0 Å². The second-order valence-electron chi connectivity index (χ2n) is 8.62. The Balaban J connectivity index is 5.34. The largest absolute Gasteiger partial charge is 0.395 e. The Bertz CT molecular complexity index is 1320. The van der Waals surface area contributed by atoms with Gasteiger partial charge >= 0.3 is 17.1 Å². The highest BCUT2D eigenvalue weighted by Crippen LogP contribution is 2.18. The first-order valence-corrected chi connectivity index (χ1v) is 19.1. The van der Waals surface area contributed by atoms with Gasteiger partial charge in [0.15, 0.2) is 0 Å². The van der Waals surface area contributed by atoms with Crippen molar-refractivity contribution in [2.75, 3.05) is 39.5 Å². The lowest BCUT2D eigenvalue weighted by Gasteiger charge is -2.29. The molecule has 0 aliphatic heterocycles. The molecule has 0 spiro atoms. The molecule has 1 amide bonds. The highest BCUT2D eigenvalue weighted by molar-refractivity contribution is 6.66. The molecule has 0 aromatic carbocycles. The van der Waals surface area contributed by atoms with Crippen LogP contribution in [0.1, 0.15) is 47.5 Å². The van der Waals surface area contributed by atoms with Gasteiger partial charge in [-0.3, -0.25) is 4.79 Å². The third kappa shape index (κ3) is 20.2. The zero-order valence-corrected chi connectivity index (χ0v) is 28.1. The van der Waals surface area contributed by atoms with E-state index in [0.29, 0.717) is 39.5 Å². The zero-order chi connectivity index (χ0) is 31.4. The number of carbonyl (C=O) groups is 1. The molecular weight excluding hydrogens is 559 g/mol. The number of carbonyl (C=O) groups excluding carboxylic acids is 1. The second-order valence-corrected chi connectivity index (χ2v) is 15.3. The molecule has 0 fully saturated rings. The summed E-state index contributed by atoms with van der Waals surface area (Å²) < 4.78 is 23.8. The second kappa shape index (κ2) is 25.0. The van der Waals surface area contributed by atoms with Crippen LogP contribution in [0, 0.1) is 94.7 Å². The van der Waals surface area contributed by atoms with E-state index in [1.807, 2.05) is 27.7 Å². The first-order chi connectivity index (χ1) is 20.3. The quantitative estimate of drug-likeness (QED) is 0.199. The van der Waals surface area contributed by atoms with Crippen molar-refractivity contribution in [2.45, 2.75) is 72.6 Å². The van der Waals surface area contributed by atoms with E-state index in [2.05, 4.69) is 108 Å². The van der Waals surface area contributed by atoms with E-state index >= 15 is 0 Å². The van der Waals surface area contributed by atoms with E-state index in [0.717, 1.165) is 24.9 Å². The third-order valence-electron chi connectivity index (χ3n) is 5.31. The maximum Gasteiger partial charge on any atom is 0.334 e. The molecule has 0 rings (SSSR count). The molecule has 220 valence electrons. The molecule has 8 heteroatoms. The van der Waals surface area contributed by atoms with E-state index in [9.17, 15) is 4.79 Å². The van der Waals surface area contributed by atoms with Crippen molar-refractivity contribution < 1.29 is 22.5 Å². The van der Waals surface area contributed by atoms with Gasteiger partial charge in [-0.2, -0.15) is 0 Å². The maximum atomic E-state index is 13.0. The first-order valence-electron chi connectivity index (χ1n) is 14.1. The third-order valence-corrected chi connectivity index (χ3v) is 11.4. The lowest BCUT2D eigenvalue weighted by molar-refractivity contribution is -0.125. The van der Waals surface area contributed by atoms with Crippen LogP contribution < -0.4 is 0 Å². The molecule has 0 bridgehead atoms. The van der Waals surface area contributed by atoms with Gasteiger partial charge in [-0.05, 0) is 156 Å². The average molecular weight is 600 g/mol. The predicted octanol–water partition coefficient (Wildman–Crippen LogP) is 3.93. The smallest absolute Gasteiger partial charge is 0.334 e. The standard InChI is InChI=1S/C34H41NO5Si2/c1-8-13-14-15-16-17-18-19-20-21-22-23-24-25-26-29-34(36)35(30-27-32-41(6,37-9-2)38-10-3)31-28-33-42(7,39-11-4)40-12-5/h9-12,27-28,30-33H2,1-7H3. The van der Waals surface area contributed by atoms with Crippen molar-refractivity contribution in [2.24, 2.45) is 0 Å². The minimum atomic E-state index is -2.28. The van der Waals surface area contributed by atoms with Gasteiger partial charge in [0, 0.05) is 45.4 Å². The molecule has 0 heterocycles. The summed E-state index contributed by atoms with van der Waals surface area (Å²) in [6, 6.07) is 1.57. The zero-order valence-electron chi connectivity index (χ0n) is 26.1. The lowest BCUT2D eigenvalue weighted by Crippen LogP contribution is -2.41. The monoisotopic (exact) mass is 599 g/mol. The number of nitrogens with zero attached hydrogens (tertiary/aromatic N) is 1. The number of hydrogen-bond acceptors (Lipinski definition) is 5. The highest BCUT2D eigenvalue weighted by atomic mass is 28.4. The maximum absolute atomic E-state index is 13.0. The number of hydrogen-bond donors (Lipinski definition) is 0. The number of amides is 1. The SMILES string of the molecule is CC#CC#CC#CC#CC#CC#CC#CC#CC(=O)N(CCC[Si](C)(OCC)OCC)CCC[Si](C)(OCC)OCC. The van der Waals surface area contributed by atoms with E-state index in [4.69, 9.17) is 17.7 Å². The van der Waals surface area contributed by atoms with E-state index in [1.165, 1.54) is 0 Å². The summed E-state index contributed by atoms with van der Waals surface area (Å²) in [5.74, 6) is 40.8. The molecule has 6 nitrogen and oxygen atoms in total. The molecule has 0 N–H and O–H groups in total. The predicted molar refractivity (Wildman–Crippen MR) is 173 cm³/mol. The Morgan fingerprint density at radius 2 is 0.857 bits per heavy atom. The van der Waals surface area contributed by atoms with Gasteiger partial charge in [-0.1, -0.05) is 5.92 Å². The van der Waals surface area contributed by atoms with Crippen LogP contribution in [-0.2, 0) is 22.5 Å². The van der Waals surface area contributed by atoms with Crippen molar-refractivity contribution in [3.05, 3.63) is 0 Å². The molecule has 0 saturated heterocycles. The van der Waals surface area contributed by atoms with Crippen LogP contribution in [0.4, 0.5) is 0 Å². The fourth-order valence-corrected chi connectivity index (χ4v) is 8.48. The molecule has 0 aromatic rings. The Morgan fingerprint density at radius 1 is 0.548 bits per heavy atom. The molecule has 0 saturated carbocycles. The van der Waals surface area contributed by atoms with E-state index in [-0.39, 0.29) is 5.91 Å². The molecule has 0 aliphatic carbocycles. The fourth-order valence-electron chi connectivity index (χ4n) is 3.69. The summed E-state index contributed by atoms with van der Waals surface area (Å²) in [5.41, 5.74) is 0. The first kappa shape index (κ1) is 38.2. The minimum absolute atomic E-state index is 0.285. The van der Waals surface area contributed by atoms with Gasteiger partial charge in [0.1, 0.15) is 0 Å². The van der Waals surface area contributed by atoms with Gasteiger partial charge < -0.3 is 22.6 Å². The van der Waals surface area contributed by atoms with Crippen LogP contribution in [0.25, 0.3) is 0 Å². The average Bonchev–Trinajstić information content (AvgIpc) is 2.94. The van der Waals surface area contributed by atoms with E-state index < -0.39 is 17.1 Å². The van der Waals surface area contributed by atoms with Gasteiger partial charge in [-0.25, -0.2) is 0 Å². The van der Waals surface area contributed by atoms with Crippen molar-refractivity contribution >= 4 is 23.0 Å². The summed E-state index contributed by atoms with van der Waals surface area (Å²) in [6.45, 7) is 17.2. The summed E-state index contributed by atoms with van der Waals surface area (Å²) in [4.78, 5) is 14.7. The van der Waals surface area contributed by atoms with Crippen LogP contribution in [0.5, 0.6) is 0 Å². The van der Waals surface area contributed by atoms with Crippen LogP contribution >= 0.6 is 0 Å². The van der Waals surface area contributed by atoms with Crippen molar-refractivity contribution in [3.8, 4) is 94.7 Å². The molecule has 0 atom stereocenters. The van der Waals surface area contributed by atoms with Crippen molar-refractivity contribution in [1.82, 2.24) is 4.90 Å². The van der Waals surface area contributed by atoms with Crippen LogP contribution in [0.3, 0.4) is 0 Å². The fraction of sp³-hybridized carbons (Fsp3) is 0.500.